The molecule has 2 unspecified atom stereocenters. The van der Waals surface area contributed by atoms with Crippen LogP contribution < -0.4 is 15.8 Å². The van der Waals surface area contributed by atoms with Gasteiger partial charge in [0.15, 0.2) is 5.75 Å². The van der Waals surface area contributed by atoms with Crippen LogP contribution in [0.15, 0.2) is 48.5 Å². The number of amides is 1. The minimum atomic E-state index is -3.49. The molecule has 0 spiro atoms. The molecule has 0 saturated heterocycles. The van der Waals surface area contributed by atoms with Gasteiger partial charge in [0, 0.05) is 11.6 Å². The third-order valence-electron chi connectivity index (χ3n) is 6.29. The molecule has 36 heavy (non-hydrogen) atoms. The van der Waals surface area contributed by atoms with Crippen molar-refractivity contribution in [3.05, 3.63) is 54.1 Å². The van der Waals surface area contributed by atoms with Crippen LogP contribution in [0.1, 0.15) is 78.1 Å². The van der Waals surface area contributed by atoms with Crippen LogP contribution in [0.5, 0.6) is 11.5 Å². The van der Waals surface area contributed by atoms with Gasteiger partial charge in [-0.2, -0.15) is 0 Å². The van der Waals surface area contributed by atoms with Crippen LogP contribution in [0.4, 0.5) is 5.69 Å². The van der Waals surface area contributed by atoms with Gasteiger partial charge in [0.05, 0.1) is 23.1 Å². The predicted octanol–water partition coefficient (Wildman–Crippen LogP) is 7.17. The summed E-state index contributed by atoms with van der Waals surface area (Å²) in [6.07, 6.45) is 1.41. The van der Waals surface area contributed by atoms with Crippen LogP contribution in [-0.4, -0.2) is 29.3 Å². The zero-order valence-corrected chi connectivity index (χ0v) is 23.4. The lowest BCUT2D eigenvalue weighted by atomic mass is 9.70. The van der Waals surface area contributed by atoms with Crippen LogP contribution in [0.3, 0.4) is 0 Å². The number of hydrogen-bond acceptors (Lipinski definition) is 6. The summed E-state index contributed by atoms with van der Waals surface area (Å²) in [6.45, 7) is 13.7. The molecule has 0 radical (unpaired) electrons. The van der Waals surface area contributed by atoms with E-state index in [2.05, 4.69) is 19.2 Å². The van der Waals surface area contributed by atoms with E-state index in [-0.39, 0.29) is 29.6 Å². The smallest absolute Gasteiger partial charge is 0.337 e. The van der Waals surface area contributed by atoms with Crippen molar-refractivity contribution < 1.29 is 23.1 Å². The molecule has 0 bridgehead atoms. The van der Waals surface area contributed by atoms with Gasteiger partial charge in [-0.05, 0) is 89.6 Å². The molecule has 0 aromatic heterocycles. The molecule has 1 saturated carbocycles. The Morgan fingerprint density at radius 3 is 2.19 bits per heavy atom. The van der Waals surface area contributed by atoms with Gasteiger partial charge >= 0.3 is 7.60 Å². The standard InChI is InChI=1S/C28H41N2O5P/c1-19(2)34-36(32,35-20(3)4)28(7)17-22(16-27(5,6)18-28)30-26(31)21-13-14-24(29)25(15-21)33-23-11-9-8-10-12-23/h8-15,19-20,22H,16-18,29H2,1-7H3,(H,30,31). The van der Waals surface area contributed by atoms with Crippen molar-refractivity contribution in [1.29, 1.82) is 0 Å². The van der Waals surface area contributed by atoms with E-state index in [1.807, 2.05) is 65.0 Å². The fraction of sp³-hybridized carbons (Fsp3) is 0.536. The summed E-state index contributed by atoms with van der Waals surface area (Å²) < 4.78 is 32.1. The zero-order chi connectivity index (χ0) is 26.7. The Bertz CT molecular complexity index is 1090. The maximum atomic E-state index is 14.2. The molecule has 1 amide bonds. The maximum Gasteiger partial charge on any atom is 0.337 e. The molecule has 7 nitrogen and oxygen atoms in total. The van der Waals surface area contributed by atoms with Crippen molar-refractivity contribution in [2.45, 2.75) is 91.1 Å². The number of para-hydroxylation sites is 1. The van der Waals surface area contributed by atoms with E-state index in [1.165, 1.54) is 0 Å². The lowest BCUT2D eigenvalue weighted by Gasteiger charge is -2.49. The van der Waals surface area contributed by atoms with Crippen LogP contribution in [0.25, 0.3) is 0 Å². The van der Waals surface area contributed by atoms with Crippen LogP contribution in [0, 0.1) is 5.41 Å². The number of carbonyl (C=O) groups is 1. The average molecular weight is 517 g/mol. The number of carbonyl (C=O) groups excluding carboxylic acids is 1. The van der Waals surface area contributed by atoms with E-state index < -0.39 is 12.8 Å². The summed E-state index contributed by atoms with van der Waals surface area (Å²) >= 11 is 0. The van der Waals surface area contributed by atoms with E-state index in [0.29, 0.717) is 35.6 Å². The Morgan fingerprint density at radius 2 is 1.61 bits per heavy atom. The molecule has 1 fully saturated rings. The molecular formula is C28H41N2O5P. The second kappa shape index (κ2) is 11.0. The first-order chi connectivity index (χ1) is 16.7. The Hall–Kier alpha value is -2.34. The van der Waals surface area contributed by atoms with Gasteiger partial charge in [-0.1, -0.05) is 32.0 Å². The lowest BCUT2D eigenvalue weighted by molar-refractivity contribution is 0.0788. The average Bonchev–Trinajstić information content (AvgIpc) is 2.73. The van der Waals surface area contributed by atoms with Crippen molar-refractivity contribution >= 4 is 19.2 Å². The molecule has 1 aliphatic carbocycles. The molecule has 8 heteroatoms. The number of hydrogen-bond donors (Lipinski definition) is 2. The Balaban J connectivity index is 1.83. The largest absolute Gasteiger partial charge is 0.455 e. The number of nitrogens with two attached hydrogens (primary N) is 1. The third-order valence-corrected chi connectivity index (χ3v) is 9.35. The van der Waals surface area contributed by atoms with Crippen molar-refractivity contribution in [3.8, 4) is 11.5 Å². The number of nitrogens with one attached hydrogen (secondary N) is 1. The van der Waals surface area contributed by atoms with E-state index in [0.717, 1.165) is 6.42 Å². The molecular weight excluding hydrogens is 475 g/mol. The normalized spacial score (nSPS) is 22.0. The minimum absolute atomic E-state index is 0.177. The van der Waals surface area contributed by atoms with E-state index >= 15 is 0 Å². The molecule has 2 atom stereocenters. The Labute approximate surface area is 215 Å². The molecule has 3 rings (SSSR count). The fourth-order valence-corrected chi connectivity index (χ4v) is 7.97. The molecule has 2 aromatic carbocycles. The number of rotatable bonds is 9. The highest BCUT2D eigenvalue weighted by molar-refractivity contribution is 7.55. The van der Waals surface area contributed by atoms with E-state index in [1.54, 1.807) is 18.2 Å². The highest BCUT2D eigenvalue weighted by Gasteiger charge is 2.55. The first-order valence-electron chi connectivity index (χ1n) is 12.6. The monoisotopic (exact) mass is 516 g/mol. The van der Waals surface area contributed by atoms with Crippen LogP contribution >= 0.6 is 7.60 Å². The van der Waals surface area contributed by atoms with Crippen molar-refractivity contribution in [1.82, 2.24) is 5.32 Å². The van der Waals surface area contributed by atoms with Gasteiger partial charge in [-0.15, -0.1) is 0 Å². The first-order valence-corrected chi connectivity index (χ1v) is 14.2. The molecule has 198 valence electrons. The highest BCUT2D eigenvalue weighted by Crippen LogP contribution is 2.68. The maximum absolute atomic E-state index is 14.2. The summed E-state index contributed by atoms with van der Waals surface area (Å²) in [5.74, 6) is 0.822. The van der Waals surface area contributed by atoms with E-state index in [4.69, 9.17) is 19.5 Å². The third kappa shape index (κ3) is 6.90. The Morgan fingerprint density at radius 1 is 1.00 bits per heavy atom. The summed E-state index contributed by atoms with van der Waals surface area (Å²) in [5.41, 5.74) is 6.82. The van der Waals surface area contributed by atoms with Crippen LogP contribution in [0.2, 0.25) is 0 Å². The summed E-state index contributed by atoms with van der Waals surface area (Å²) in [7, 11) is -3.49. The molecule has 0 heterocycles. The molecule has 1 aliphatic rings. The molecule has 3 N–H and O–H groups in total. The van der Waals surface area contributed by atoms with Gasteiger partial charge in [0.2, 0.25) is 0 Å². The number of ether oxygens (including phenoxy) is 1. The predicted molar refractivity (Wildman–Crippen MR) is 145 cm³/mol. The van der Waals surface area contributed by atoms with Crippen molar-refractivity contribution in [2.24, 2.45) is 5.41 Å². The molecule has 2 aromatic rings. The van der Waals surface area contributed by atoms with Gasteiger partial charge in [0.1, 0.15) is 5.75 Å². The second-order valence-corrected chi connectivity index (χ2v) is 13.9. The zero-order valence-electron chi connectivity index (χ0n) is 22.5. The minimum Gasteiger partial charge on any atom is -0.455 e. The van der Waals surface area contributed by atoms with Gasteiger partial charge in [-0.3, -0.25) is 9.36 Å². The SMILES string of the molecule is CC(C)OP(=O)(OC(C)C)C1(C)CC(NC(=O)c2ccc(N)c(Oc3ccccc3)c2)CC(C)(C)C1. The number of anilines is 1. The Kier molecular flexibility index (Phi) is 8.59. The first kappa shape index (κ1) is 28.2. The second-order valence-electron chi connectivity index (χ2n) is 11.4. The van der Waals surface area contributed by atoms with Crippen molar-refractivity contribution in [2.75, 3.05) is 5.73 Å². The fourth-order valence-electron chi connectivity index (χ4n) is 5.24. The van der Waals surface area contributed by atoms with Crippen molar-refractivity contribution in [3.63, 3.8) is 0 Å². The number of benzene rings is 2. The van der Waals surface area contributed by atoms with Gasteiger partial charge in [0.25, 0.3) is 5.91 Å². The van der Waals surface area contributed by atoms with Gasteiger partial charge in [-0.25, -0.2) is 0 Å². The van der Waals surface area contributed by atoms with E-state index in [9.17, 15) is 9.36 Å². The summed E-state index contributed by atoms with van der Waals surface area (Å²) in [6, 6.07) is 14.1. The highest BCUT2D eigenvalue weighted by atomic mass is 31.2. The molecule has 0 aliphatic heterocycles. The quantitative estimate of drug-likeness (QED) is 0.271. The summed E-state index contributed by atoms with van der Waals surface area (Å²) in [4.78, 5) is 13.3. The number of nitrogen functional groups attached to an aromatic ring is 1. The van der Waals surface area contributed by atoms with Crippen LogP contribution in [-0.2, 0) is 13.6 Å². The van der Waals surface area contributed by atoms with Gasteiger partial charge < -0.3 is 24.8 Å². The summed E-state index contributed by atoms with van der Waals surface area (Å²) in [5, 5.41) is 2.42. The lowest BCUT2D eigenvalue weighted by Crippen LogP contribution is -2.50. The topological polar surface area (TPSA) is 99.9 Å².